The van der Waals surface area contributed by atoms with Gasteiger partial charge in [-0.05, 0) is 6.92 Å². The summed E-state index contributed by atoms with van der Waals surface area (Å²) in [5.74, 6) is 0.597. The Morgan fingerprint density at radius 1 is 1.47 bits per heavy atom. The average molecular weight is 249 g/mol. The molecule has 0 aliphatic heterocycles. The van der Waals surface area contributed by atoms with Crippen LogP contribution >= 0.6 is 23.3 Å². The van der Waals surface area contributed by atoms with Gasteiger partial charge in [-0.15, -0.1) is 0 Å². The Kier molecular flexibility index (Phi) is 4.28. The van der Waals surface area contributed by atoms with Crippen LogP contribution in [0.15, 0.2) is 0 Å². The number of likely N-dealkylation sites (N-methyl/N-ethyl adjacent to an activating group) is 2. The molecule has 1 heterocycles. The second kappa shape index (κ2) is 5.27. The lowest BCUT2D eigenvalue weighted by molar-refractivity contribution is -0.127. The van der Waals surface area contributed by atoms with E-state index >= 15 is 0 Å². The Bertz CT molecular complexity index is 341. The second-order valence-electron chi connectivity index (χ2n) is 3.18. The Hall–Kier alpha value is -0.880. The van der Waals surface area contributed by atoms with Gasteiger partial charge in [-0.25, -0.2) is 0 Å². The number of amides is 1. The lowest BCUT2D eigenvalue weighted by Gasteiger charge is -2.21. The molecule has 0 atom stereocenters. The van der Waals surface area contributed by atoms with Crippen LogP contribution in [0.2, 0.25) is 5.15 Å². The molecule has 0 saturated carbocycles. The smallest absolute Gasteiger partial charge is 0.241 e. The van der Waals surface area contributed by atoms with Gasteiger partial charge < -0.3 is 9.80 Å². The van der Waals surface area contributed by atoms with Crippen LogP contribution in [0, 0.1) is 0 Å². The van der Waals surface area contributed by atoms with Gasteiger partial charge in [0.1, 0.15) is 0 Å². The first-order valence-electron chi connectivity index (χ1n) is 4.49. The quantitative estimate of drug-likeness (QED) is 0.801. The summed E-state index contributed by atoms with van der Waals surface area (Å²) in [7, 11) is 3.44. The van der Waals surface area contributed by atoms with E-state index in [2.05, 4.69) is 8.75 Å². The highest BCUT2D eigenvalue weighted by molar-refractivity contribution is 6.99. The first kappa shape index (κ1) is 12.2. The minimum Gasteiger partial charge on any atom is -0.347 e. The lowest BCUT2D eigenvalue weighted by atomic mass is 10.4. The van der Waals surface area contributed by atoms with Gasteiger partial charge in [0.05, 0.1) is 18.3 Å². The van der Waals surface area contributed by atoms with Crippen molar-refractivity contribution >= 4 is 35.1 Å². The van der Waals surface area contributed by atoms with Crippen LogP contribution in [0.4, 0.5) is 5.82 Å². The van der Waals surface area contributed by atoms with E-state index in [1.807, 2.05) is 6.92 Å². The molecule has 7 heteroatoms. The molecule has 0 unspecified atom stereocenters. The highest BCUT2D eigenvalue weighted by atomic mass is 35.5. The molecule has 0 spiro atoms. The molecule has 0 saturated heterocycles. The van der Waals surface area contributed by atoms with E-state index in [1.54, 1.807) is 19.0 Å². The molecule has 0 aromatic carbocycles. The molecule has 1 aromatic rings. The molecule has 1 aromatic heterocycles. The van der Waals surface area contributed by atoms with Crippen molar-refractivity contribution in [3.8, 4) is 0 Å². The topological polar surface area (TPSA) is 49.3 Å². The molecular weight excluding hydrogens is 236 g/mol. The number of hydrogen-bond acceptors (Lipinski definition) is 5. The fraction of sp³-hybridized carbons (Fsp3) is 0.625. The van der Waals surface area contributed by atoms with E-state index in [0.29, 0.717) is 17.5 Å². The summed E-state index contributed by atoms with van der Waals surface area (Å²) >= 11 is 6.89. The van der Waals surface area contributed by atoms with Crippen LogP contribution in [-0.2, 0) is 4.79 Å². The summed E-state index contributed by atoms with van der Waals surface area (Å²) < 4.78 is 7.92. The molecular formula is C8H13ClN4OS. The van der Waals surface area contributed by atoms with Crippen molar-refractivity contribution in [2.75, 3.05) is 32.1 Å². The van der Waals surface area contributed by atoms with Crippen molar-refractivity contribution in [3.05, 3.63) is 5.15 Å². The fourth-order valence-electron chi connectivity index (χ4n) is 1.00. The summed E-state index contributed by atoms with van der Waals surface area (Å²) in [5.41, 5.74) is 0. The number of carbonyl (C=O) groups is 1. The van der Waals surface area contributed by atoms with Gasteiger partial charge >= 0.3 is 0 Å². The van der Waals surface area contributed by atoms with Crippen molar-refractivity contribution in [2.45, 2.75) is 6.92 Å². The summed E-state index contributed by atoms with van der Waals surface area (Å²) in [6.07, 6.45) is 0. The zero-order chi connectivity index (χ0) is 11.4. The maximum Gasteiger partial charge on any atom is 0.241 e. The third-order valence-electron chi connectivity index (χ3n) is 1.94. The van der Waals surface area contributed by atoms with Crippen molar-refractivity contribution in [2.24, 2.45) is 0 Å². The molecule has 15 heavy (non-hydrogen) atoms. The lowest BCUT2D eigenvalue weighted by Crippen LogP contribution is -2.36. The molecule has 0 N–H and O–H groups in total. The number of carbonyl (C=O) groups excluding carboxylic acids is 1. The number of aromatic nitrogens is 2. The van der Waals surface area contributed by atoms with Crippen LogP contribution in [-0.4, -0.2) is 46.7 Å². The van der Waals surface area contributed by atoms with Crippen LogP contribution in [0.25, 0.3) is 0 Å². The second-order valence-corrected chi connectivity index (χ2v) is 4.07. The Morgan fingerprint density at radius 2 is 2.13 bits per heavy atom. The van der Waals surface area contributed by atoms with Crippen molar-refractivity contribution in [1.82, 2.24) is 13.6 Å². The standard InChI is InChI=1S/C8H13ClN4OS/c1-4-13(5-6(14)12(2)3)8-7(9)10-15-11-8/h4-5H2,1-3H3. The Balaban J connectivity index is 2.73. The molecule has 0 bridgehead atoms. The third-order valence-corrected chi connectivity index (χ3v) is 2.81. The molecule has 0 fully saturated rings. The third kappa shape index (κ3) is 3.04. The predicted octanol–water partition coefficient (Wildman–Crippen LogP) is 1.11. The summed E-state index contributed by atoms with van der Waals surface area (Å²) in [6.45, 7) is 2.89. The first-order valence-corrected chi connectivity index (χ1v) is 5.60. The Labute approximate surface area is 98.0 Å². The Morgan fingerprint density at radius 3 is 2.53 bits per heavy atom. The van der Waals surface area contributed by atoms with E-state index in [4.69, 9.17) is 11.6 Å². The van der Waals surface area contributed by atoms with Gasteiger partial charge in [0.25, 0.3) is 0 Å². The van der Waals surface area contributed by atoms with E-state index in [1.165, 1.54) is 4.90 Å². The highest BCUT2D eigenvalue weighted by Crippen LogP contribution is 2.22. The SMILES string of the molecule is CCN(CC(=O)N(C)C)c1nsnc1Cl. The van der Waals surface area contributed by atoms with E-state index in [-0.39, 0.29) is 12.5 Å². The van der Waals surface area contributed by atoms with Crippen molar-refractivity contribution < 1.29 is 4.79 Å². The zero-order valence-electron chi connectivity index (χ0n) is 8.90. The number of nitrogens with zero attached hydrogens (tertiary/aromatic N) is 4. The fourth-order valence-corrected chi connectivity index (χ4v) is 1.78. The van der Waals surface area contributed by atoms with Gasteiger partial charge in [-0.2, -0.15) is 8.75 Å². The maximum atomic E-state index is 11.5. The first-order chi connectivity index (χ1) is 7.06. The minimum atomic E-state index is 0.0147. The van der Waals surface area contributed by atoms with Gasteiger partial charge in [-0.3, -0.25) is 4.79 Å². The summed E-state index contributed by atoms with van der Waals surface area (Å²) in [4.78, 5) is 14.9. The van der Waals surface area contributed by atoms with Crippen LogP contribution in [0.3, 0.4) is 0 Å². The maximum absolute atomic E-state index is 11.5. The van der Waals surface area contributed by atoms with E-state index in [0.717, 1.165) is 11.7 Å². The number of rotatable bonds is 4. The van der Waals surface area contributed by atoms with Gasteiger partial charge in [0.2, 0.25) is 5.91 Å². The molecule has 1 amide bonds. The number of anilines is 1. The van der Waals surface area contributed by atoms with Crippen LogP contribution in [0.1, 0.15) is 6.92 Å². The van der Waals surface area contributed by atoms with Crippen LogP contribution in [0.5, 0.6) is 0 Å². The van der Waals surface area contributed by atoms with E-state index < -0.39 is 0 Å². The molecule has 0 aliphatic carbocycles. The average Bonchev–Trinajstić information content (AvgIpc) is 2.60. The summed E-state index contributed by atoms with van der Waals surface area (Å²) in [6, 6.07) is 0. The van der Waals surface area contributed by atoms with Gasteiger partial charge in [-0.1, -0.05) is 11.6 Å². The number of hydrogen-bond donors (Lipinski definition) is 0. The monoisotopic (exact) mass is 248 g/mol. The van der Waals surface area contributed by atoms with Gasteiger partial charge in [0.15, 0.2) is 11.0 Å². The molecule has 5 nitrogen and oxygen atoms in total. The number of halogens is 1. The largest absolute Gasteiger partial charge is 0.347 e. The predicted molar refractivity (Wildman–Crippen MR) is 61.5 cm³/mol. The molecule has 0 radical (unpaired) electrons. The molecule has 0 aliphatic rings. The zero-order valence-corrected chi connectivity index (χ0v) is 10.5. The molecule has 1 rings (SSSR count). The van der Waals surface area contributed by atoms with E-state index in [9.17, 15) is 4.79 Å². The van der Waals surface area contributed by atoms with Crippen LogP contribution < -0.4 is 4.90 Å². The minimum absolute atomic E-state index is 0.0147. The highest BCUT2D eigenvalue weighted by Gasteiger charge is 2.16. The molecule has 84 valence electrons. The normalized spacial score (nSPS) is 10.1. The van der Waals surface area contributed by atoms with Gasteiger partial charge in [0, 0.05) is 20.6 Å². The van der Waals surface area contributed by atoms with Crippen molar-refractivity contribution in [1.29, 1.82) is 0 Å². The van der Waals surface area contributed by atoms with Crippen molar-refractivity contribution in [3.63, 3.8) is 0 Å². The summed E-state index contributed by atoms with van der Waals surface area (Å²) in [5, 5.41) is 0.355.